The van der Waals surface area contributed by atoms with Crippen molar-refractivity contribution in [1.82, 2.24) is 0 Å². The Bertz CT molecular complexity index is 442. The van der Waals surface area contributed by atoms with Crippen LogP contribution in [0.3, 0.4) is 0 Å². The molecule has 0 atom stereocenters. The van der Waals surface area contributed by atoms with Gasteiger partial charge in [0.1, 0.15) is 0 Å². The van der Waals surface area contributed by atoms with Crippen molar-refractivity contribution in [1.29, 1.82) is 0 Å². The molecule has 0 radical (unpaired) electrons. The van der Waals surface area contributed by atoms with Crippen molar-refractivity contribution in [2.45, 2.75) is 37.7 Å². The largest absolute Gasteiger partial charge is 0.494 e. The Kier molecular flexibility index (Phi) is 4.42. The molecule has 2 N–H and O–H groups in total. The summed E-state index contributed by atoms with van der Waals surface area (Å²) in [4.78, 5) is 0. The van der Waals surface area contributed by atoms with Gasteiger partial charge in [-0.05, 0) is 36.1 Å². The van der Waals surface area contributed by atoms with E-state index in [0.29, 0.717) is 13.2 Å². The SMILES string of the molecule is COCc1cc(OC)c(F)cc1C1(CN)CCCC1. The van der Waals surface area contributed by atoms with Gasteiger partial charge in [-0.25, -0.2) is 4.39 Å². The maximum Gasteiger partial charge on any atom is 0.165 e. The van der Waals surface area contributed by atoms with E-state index in [1.54, 1.807) is 19.2 Å². The molecule has 1 fully saturated rings. The summed E-state index contributed by atoms with van der Waals surface area (Å²) in [5, 5.41) is 0. The van der Waals surface area contributed by atoms with Gasteiger partial charge < -0.3 is 15.2 Å². The topological polar surface area (TPSA) is 44.5 Å². The summed E-state index contributed by atoms with van der Waals surface area (Å²) in [7, 11) is 3.12. The summed E-state index contributed by atoms with van der Waals surface area (Å²) in [5.74, 6) is -0.0574. The average Bonchev–Trinajstić information content (AvgIpc) is 2.90. The molecule has 0 amide bonds. The van der Waals surface area contributed by atoms with E-state index in [2.05, 4.69) is 0 Å². The van der Waals surface area contributed by atoms with Crippen molar-refractivity contribution in [3.63, 3.8) is 0 Å². The first-order valence-electron chi connectivity index (χ1n) is 6.73. The summed E-state index contributed by atoms with van der Waals surface area (Å²) in [6.45, 7) is 1.00. The van der Waals surface area contributed by atoms with Crippen LogP contribution in [0.4, 0.5) is 4.39 Å². The van der Waals surface area contributed by atoms with E-state index >= 15 is 0 Å². The molecule has 4 heteroatoms. The number of rotatable bonds is 5. The van der Waals surface area contributed by atoms with Crippen molar-refractivity contribution in [2.75, 3.05) is 20.8 Å². The number of hydrogen-bond acceptors (Lipinski definition) is 3. The highest BCUT2D eigenvalue weighted by Crippen LogP contribution is 2.43. The van der Waals surface area contributed by atoms with Crippen molar-refractivity contribution in [2.24, 2.45) is 5.73 Å². The van der Waals surface area contributed by atoms with Crippen LogP contribution in [0, 0.1) is 5.82 Å². The highest BCUT2D eigenvalue weighted by atomic mass is 19.1. The van der Waals surface area contributed by atoms with Gasteiger partial charge in [-0.3, -0.25) is 0 Å². The van der Waals surface area contributed by atoms with Crippen LogP contribution < -0.4 is 10.5 Å². The Labute approximate surface area is 113 Å². The van der Waals surface area contributed by atoms with Gasteiger partial charge in [0.05, 0.1) is 13.7 Å². The Hall–Kier alpha value is -1.13. The molecule has 19 heavy (non-hydrogen) atoms. The molecule has 0 bridgehead atoms. The van der Waals surface area contributed by atoms with Crippen molar-refractivity contribution < 1.29 is 13.9 Å². The minimum Gasteiger partial charge on any atom is -0.494 e. The number of methoxy groups -OCH3 is 2. The first kappa shape index (κ1) is 14.3. The molecule has 106 valence electrons. The summed E-state index contributed by atoms with van der Waals surface area (Å²) in [6, 6.07) is 3.33. The third-order valence-corrected chi connectivity index (χ3v) is 4.20. The first-order chi connectivity index (χ1) is 9.16. The van der Waals surface area contributed by atoms with Crippen LogP contribution in [0.5, 0.6) is 5.75 Å². The van der Waals surface area contributed by atoms with E-state index < -0.39 is 0 Å². The molecule has 2 rings (SSSR count). The number of benzene rings is 1. The molecule has 0 spiro atoms. The van der Waals surface area contributed by atoms with Crippen LogP contribution in [0.25, 0.3) is 0 Å². The zero-order chi connectivity index (χ0) is 13.9. The van der Waals surface area contributed by atoms with Crippen LogP contribution >= 0.6 is 0 Å². The molecular weight excluding hydrogens is 245 g/mol. The quantitative estimate of drug-likeness (QED) is 0.892. The van der Waals surface area contributed by atoms with E-state index in [1.165, 1.54) is 7.11 Å². The average molecular weight is 267 g/mol. The maximum absolute atomic E-state index is 14.0. The molecule has 1 aromatic rings. The first-order valence-corrected chi connectivity index (χ1v) is 6.73. The van der Waals surface area contributed by atoms with E-state index in [9.17, 15) is 4.39 Å². The Morgan fingerprint density at radius 3 is 2.47 bits per heavy atom. The van der Waals surface area contributed by atoms with Gasteiger partial charge in [-0.1, -0.05) is 12.8 Å². The lowest BCUT2D eigenvalue weighted by Gasteiger charge is -2.30. The van der Waals surface area contributed by atoms with Crippen LogP contribution in [0.2, 0.25) is 0 Å². The molecule has 0 heterocycles. The van der Waals surface area contributed by atoms with Crippen molar-refractivity contribution >= 4 is 0 Å². The van der Waals surface area contributed by atoms with Gasteiger partial charge in [0.15, 0.2) is 11.6 Å². The lowest BCUT2D eigenvalue weighted by atomic mass is 9.76. The Morgan fingerprint density at radius 1 is 1.26 bits per heavy atom. The summed E-state index contributed by atoms with van der Waals surface area (Å²) in [5.41, 5.74) is 7.87. The predicted molar refractivity (Wildman–Crippen MR) is 72.9 cm³/mol. The van der Waals surface area contributed by atoms with E-state index in [4.69, 9.17) is 15.2 Å². The molecule has 0 unspecified atom stereocenters. The van der Waals surface area contributed by atoms with Crippen molar-refractivity contribution in [3.8, 4) is 5.75 Å². The smallest absolute Gasteiger partial charge is 0.165 e. The maximum atomic E-state index is 14.0. The highest BCUT2D eigenvalue weighted by molar-refractivity contribution is 5.42. The number of hydrogen-bond donors (Lipinski definition) is 1. The zero-order valence-corrected chi connectivity index (χ0v) is 11.7. The van der Waals surface area contributed by atoms with Crippen LogP contribution in [0.1, 0.15) is 36.8 Å². The fourth-order valence-corrected chi connectivity index (χ4v) is 3.16. The monoisotopic (exact) mass is 267 g/mol. The van der Waals surface area contributed by atoms with Gasteiger partial charge in [-0.2, -0.15) is 0 Å². The molecule has 3 nitrogen and oxygen atoms in total. The number of ether oxygens (including phenoxy) is 2. The second kappa shape index (κ2) is 5.88. The fraction of sp³-hybridized carbons (Fsp3) is 0.600. The van der Waals surface area contributed by atoms with Crippen LogP contribution in [-0.2, 0) is 16.8 Å². The lowest BCUT2D eigenvalue weighted by Crippen LogP contribution is -2.33. The molecule has 0 saturated heterocycles. The lowest BCUT2D eigenvalue weighted by molar-refractivity contribution is 0.182. The van der Waals surface area contributed by atoms with Crippen molar-refractivity contribution in [3.05, 3.63) is 29.1 Å². The van der Waals surface area contributed by atoms with Gasteiger partial charge >= 0.3 is 0 Å². The van der Waals surface area contributed by atoms with Crippen LogP contribution in [0.15, 0.2) is 12.1 Å². The Morgan fingerprint density at radius 2 is 1.95 bits per heavy atom. The second-order valence-corrected chi connectivity index (χ2v) is 5.27. The van der Waals surface area contributed by atoms with Gasteiger partial charge in [0.2, 0.25) is 0 Å². The normalized spacial score (nSPS) is 17.7. The molecule has 1 saturated carbocycles. The molecule has 0 aliphatic heterocycles. The minimum atomic E-state index is -0.322. The predicted octanol–water partition coefficient (Wildman–Crippen LogP) is 2.75. The van der Waals surface area contributed by atoms with Gasteiger partial charge in [-0.15, -0.1) is 0 Å². The van der Waals surface area contributed by atoms with E-state index in [0.717, 1.165) is 36.8 Å². The molecule has 1 aromatic carbocycles. The van der Waals surface area contributed by atoms with E-state index in [-0.39, 0.29) is 17.0 Å². The third-order valence-electron chi connectivity index (χ3n) is 4.20. The standard InChI is InChI=1S/C15H22FNO2/c1-18-9-11-7-14(19-2)13(16)8-12(11)15(10-17)5-3-4-6-15/h7-8H,3-6,9-10,17H2,1-2H3. The highest BCUT2D eigenvalue weighted by Gasteiger charge is 2.36. The second-order valence-electron chi connectivity index (χ2n) is 5.27. The summed E-state index contributed by atoms with van der Waals surface area (Å²) >= 11 is 0. The molecular formula is C15H22FNO2. The Balaban J connectivity index is 2.50. The summed E-state index contributed by atoms with van der Waals surface area (Å²) < 4.78 is 24.3. The third kappa shape index (κ3) is 2.60. The molecule has 0 aromatic heterocycles. The van der Waals surface area contributed by atoms with Crippen LogP contribution in [-0.4, -0.2) is 20.8 Å². The minimum absolute atomic E-state index is 0.0963. The summed E-state index contributed by atoms with van der Waals surface area (Å²) in [6.07, 6.45) is 4.34. The number of halogens is 1. The number of nitrogens with two attached hydrogens (primary N) is 1. The van der Waals surface area contributed by atoms with Gasteiger partial charge in [0.25, 0.3) is 0 Å². The molecule has 1 aliphatic carbocycles. The fourth-order valence-electron chi connectivity index (χ4n) is 3.16. The molecule has 1 aliphatic rings. The zero-order valence-electron chi connectivity index (χ0n) is 11.7. The van der Waals surface area contributed by atoms with E-state index in [1.807, 2.05) is 0 Å². The van der Waals surface area contributed by atoms with Gasteiger partial charge in [0, 0.05) is 19.1 Å².